The number of rotatable bonds is 2. The van der Waals surface area contributed by atoms with Crippen LogP contribution in [0.3, 0.4) is 0 Å². The first kappa shape index (κ1) is 10.5. The summed E-state index contributed by atoms with van der Waals surface area (Å²) in [4.78, 5) is 4.37. The molecule has 0 saturated heterocycles. The van der Waals surface area contributed by atoms with Crippen molar-refractivity contribution in [1.29, 1.82) is 0 Å². The van der Waals surface area contributed by atoms with E-state index >= 15 is 0 Å². The SMILES string of the molecule is CC(C)CC1=C(C(C)(C)C)C=NC1. The largest absolute Gasteiger partial charge is 0.288 e. The average molecular weight is 179 g/mol. The van der Waals surface area contributed by atoms with Crippen LogP contribution in [-0.4, -0.2) is 12.8 Å². The second kappa shape index (κ2) is 3.65. The van der Waals surface area contributed by atoms with Crippen LogP contribution in [0.2, 0.25) is 0 Å². The second-order valence-electron chi connectivity index (χ2n) is 5.33. The van der Waals surface area contributed by atoms with Crippen LogP contribution < -0.4 is 0 Å². The first-order chi connectivity index (χ1) is 5.91. The van der Waals surface area contributed by atoms with Gasteiger partial charge >= 0.3 is 0 Å². The standard InChI is InChI=1S/C12H21N/c1-9(2)6-10-7-13-8-11(10)12(3,4)5/h8-9H,6-7H2,1-5H3. The smallest absolute Gasteiger partial charge is 0.0606 e. The highest BCUT2D eigenvalue weighted by Gasteiger charge is 2.22. The number of nitrogens with zero attached hydrogens (tertiary/aromatic N) is 1. The Morgan fingerprint density at radius 2 is 2.00 bits per heavy atom. The molecule has 0 radical (unpaired) electrons. The van der Waals surface area contributed by atoms with E-state index in [0.717, 1.165) is 12.5 Å². The maximum Gasteiger partial charge on any atom is 0.0606 e. The molecule has 1 aliphatic heterocycles. The summed E-state index contributed by atoms with van der Waals surface area (Å²) in [6, 6.07) is 0. The van der Waals surface area contributed by atoms with Crippen LogP contribution in [0.4, 0.5) is 0 Å². The van der Waals surface area contributed by atoms with Crippen LogP contribution in [0.1, 0.15) is 41.0 Å². The van der Waals surface area contributed by atoms with Crippen LogP contribution in [0.25, 0.3) is 0 Å². The van der Waals surface area contributed by atoms with E-state index in [0.29, 0.717) is 0 Å². The summed E-state index contributed by atoms with van der Waals surface area (Å²) < 4.78 is 0. The molecular formula is C12H21N. The van der Waals surface area contributed by atoms with Crippen molar-refractivity contribution < 1.29 is 0 Å². The van der Waals surface area contributed by atoms with Gasteiger partial charge in [0.15, 0.2) is 0 Å². The van der Waals surface area contributed by atoms with E-state index in [2.05, 4.69) is 45.8 Å². The van der Waals surface area contributed by atoms with Crippen molar-refractivity contribution >= 4 is 6.21 Å². The summed E-state index contributed by atoms with van der Waals surface area (Å²) >= 11 is 0. The number of hydrogen-bond donors (Lipinski definition) is 0. The predicted octanol–water partition coefficient (Wildman–Crippen LogP) is 3.46. The van der Waals surface area contributed by atoms with Gasteiger partial charge in [-0.1, -0.05) is 34.6 Å². The molecule has 0 amide bonds. The molecular weight excluding hydrogens is 158 g/mol. The Labute approximate surface area is 82.0 Å². The monoisotopic (exact) mass is 179 g/mol. The van der Waals surface area contributed by atoms with E-state index in [1.807, 2.05) is 0 Å². The van der Waals surface area contributed by atoms with Gasteiger partial charge in [0.2, 0.25) is 0 Å². The lowest BCUT2D eigenvalue weighted by Gasteiger charge is -2.21. The first-order valence-corrected chi connectivity index (χ1v) is 5.13. The molecule has 0 atom stereocenters. The van der Waals surface area contributed by atoms with Gasteiger partial charge < -0.3 is 0 Å². The van der Waals surface area contributed by atoms with Gasteiger partial charge in [-0.15, -0.1) is 0 Å². The highest BCUT2D eigenvalue weighted by atomic mass is 14.7. The van der Waals surface area contributed by atoms with E-state index in [4.69, 9.17) is 0 Å². The Bertz CT molecular complexity index is 238. The molecule has 13 heavy (non-hydrogen) atoms. The lowest BCUT2D eigenvalue weighted by atomic mass is 9.83. The van der Waals surface area contributed by atoms with Crippen LogP contribution in [0, 0.1) is 11.3 Å². The summed E-state index contributed by atoms with van der Waals surface area (Å²) in [7, 11) is 0. The van der Waals surface area contributed by atoms with Crippen LogP contribution in [0.5, 0.6) is 0 Å². The lowest BCUT2D eigenvalue weighted by molar-refractivity contribution is 0.515. The third-order valence-corrected chi connectivity index (χ3v) is 2.35. The Balaban J connectivity index is 2.82. The summed E-state index contributed by atoms with van der Waals surface area (Å²) in [6.45, 7) is 12.3. The van der Waals surface area contributed by atoms with E-state index in [9.17, 15) is 0 Å². The third-order valence-electron chi connectivity index (χ3n) is 2.35. The molecule has 1 heterocycles. The summed E-state index contributed by atoms with van der Waals surface area (Å²) in [5.41, 5.74) is 3.27. The Morgan fingerprint density at radius 3 is 2.46 bits per heavy atom. The predicted molar refractivity (Wildman–Crippen MR) is 59.3 cm³/mol. The first-order valence-electron chi connectivity index (χ1n) is 5.13. The van der Waals surface area contributed by atoms with Crippen molar-refractivity contribution in [3.8, 4) is 0 Å². The fourth-order valence-corrected chi connectivity index (χ4v) is 1.81. The molecule has 0 spiro atoms. The van der Waals surface area contributed by atoms with Gasteiger partial charge in [0.1, 0.15) is 0 Å². The van der Waals surface area contributed by atoms with Crippen molar-refractivity contribution in [1.82, 2.24) is 0 Å². The summed E-state index contributed by atoms with van der Waals surface area (Å²) in [6.07, 6.45) is 3.27. The molecule has 0 aromatic carbocycles. The molecule has 0 N–H and O–H groups in total. The minimum Gasteiger partial charge on any atom is -0.288 e. The fourth-order valence-electron chi connectivity index (χ4n) is 1.81. The van der Waals surface area contributed by atoms with Crippen molar-refractivity contribution in [2.75, 3.05) is 6.54 Å². The zero-order chi connectivity index (χ0) is 10.1. The van der Waals surface area contributed by atoms with Gasteiger partial charge in [0.25, 0.3) is 0 Å². The molecule has 0 aliphatic carbocycles. The quantitative estimate of drug-likeness (QED) is 0.615. The van der Waals surface area contributed by atoms with Gasteiger partial charge in [-0.25, -0.2) is 0 Å². The summed E-state index contributed by atoms with van der Waals surface area (Å²) in [5.74, 6) is 0.744. The molecule has 1 nitrogen and oxygen atoms in total. The maximum absolute atomic E-state index is 4.37. The van der Waals surface area contributed by atoms with Gasteiger partial charge in [-0.05, 0) is 28.9 Å². The minimum atomic E-state index is 0.268. The normalized spacial score (nSPS) is 17.7. The van der Waals surface area contributed by atoms with Crippen molar-refractivity contribution in [2.45, 2.75) is 41.0 Å². The maximum atomic E-state index is 4.37. The molecule has 0 fully saturated rings. The Morgan fingerprint density at radius 1 is 1.38 bits per heavy atom. The zero-order valence-corrected chi connectivity index (χ0v) is 9.52. The molecule has 74 valence electrons. The van der Waals surface area contributed by atoms with E-state index in [1.54, 1.807) is 5.57 Å². The molecule has 0 aromatic rings. The van der Waals surface area contributed by atoms with Crippen molar-refractivity contribution in [3.05, 3.63) is 11.1 Å². The van der Waals surface area contributed by atoms with Gasteiger partial charge in [0.05, 0.1) is 6.54 Å². The zero-order valence-electron chi connectivity index (χ0n) is 9.52. The highest BCUT2D eigenvalue weighted by Crippen LogP contribution is 2.32. The summed E-state index contributed by atoms with van der Waals surface area (Å²) in [5, 5.41) is 0. The average Bonchev–Trinajstić information content (AvgIpc) is 2.31. The van der Waals surface area contributed by atoms with Crippen LogP contribution in [-0.2, 0) is 0 Å². The molecule has 0 bridgehead atoms. The lowest BCUT2D eigenvalue weighted by Crippen LogP contribution is -2.12. The molecule has 1 heteroatoms. The van der Waals surface area contributed by atoms with Crippen molar-refractivity contribution in [2.24, 2.45) is 16.3 Å². The number of hydrogen-bond acceptors (Lipinski definition) is 1. The molecule has 0 unspecified atom stereocenters. The van der Waals surface area contributed by atoms with Crippen LogP contribution >= 0.6 is 0 Å². The number of allylic oxidation sites excluding steroid dienone is 1. The minimum absolute atomic E-state index is 0.268. The topological polar surface area (TPSA) is 12.4 Å². The molecule has 1 aliphatic rings. The second-order valence-corrected chi connectivity index (χ2v) is 5.33. The van der Waals surface area contributed by atoms with Gasteiger partial charge in [-0.2, -0.15) is 0 Å². The fraction of sp³-hybridized carbons (Fsp3) is 0.750. The molecule has 0 saturated carbocycles. The molecule has 1 rings (SSSR count). The van der Waals surface area contributed by atoms with Crippen LogP contribution in [0.15, 0.2) is 16.1 Å². The third kappa shape index (κ3) is 2.68. The Kier molecular flexibility index (Phi) is 2.94. The van der Waals surface area contributed by atoms with E-state index in [-0.39, 0.29) is 5.41 Å². The van der Waals surface area contributed by atoms with E-state index in [1.165, 1.54) is 12.0 Å². The van der Waals surface area contributed by atoms with Gasteiger partial charge in [0, 0.05) is 6.21 Å². The van der Waals surface area contributed by atoms with E-state index < -0.39 is 0 Å². The highest BCUT2D eigenvalue weighted by molar-refractivity contribution is 5.84. The Hall–Kier alpha value is -0.590. The molecule has 0 aromatic heterocycles. The van der Waals surface area contributed by atoms with Gasteiger partial charge in [-0.3, -0.25) is 4.99 Å². The van der Waals surface area contributed by atoms with Crippen molar-refractivity contribution in [3.63, 3.8) is 0 Å². The number of aliphatic imine (C=N–C) groups is 1.